The zero-order valence-electron chi connectivity index (χ0n) is 13.9. The van der Waals surface area contributed by atoms with Gasteiger partial charge in [0.25, 0.3) is 11.1 Å². The highest BCUT2D eigenvalue weighted by molar-refractivity contribution is 9.11. The number of imide groups is 1. The first-order valence-electron chi connectivity index (χ1n) is 8.16. The van der Waals surface area contributed by atoms with E-state index in [-0.39, 0.29) is 11.1 Å². The van der Waals surface area contributed by atoms with Crippen LogP contribution in [0, 0.1) is 5.92 Å². The molecule has 1 fully saturated rings. The summed E-state index contributed by atoms with van der Waals surface area (Å²) in [5, 5.41) is -0.162. The van der Waals surface area contributed by atoms with Crippen LogP contribution < -0.4 is 0 Å². The van der Waals surface area contributed by atoms with Crippen molar-refractivity contribution >= 4 is 60.8 Å². The number of thioether (sulfide) groups is 1. The third-order valence-corrected chi connectivity index (χ3v) is 6.03. The molecule has 0 aliphatic carbocycles. The first kappa shape index (κ1) is 19.7. The van der Waals surface area contributed by atoms with Crippen molar-refractivity contribution in [1.29, 1.82) is 0 Å². The summed E-state index contributed by atoms with van der Waals surface area (Å²) in [4.78, 5) is 26.5. The molecule has 6 heteroatoms. The maximum Gasteiger partial charge on any atom is 0.293 e. The van der Waals surface area contributed by atoms with Gasteiger partial charge >= 0.3 is 0 Å². The second kappa shape index (κ2) is 9.20. The van der Waals surface area contributed by atoms with Gasteiger partial charge in [-0.15, -0.1) is 0 Å². The number of rotatable bonds is 7. The Balaban J connectivity index is 2.04. The number of halogens is 2. The maximum absolute atomic E-state index is 12.5. The Morgan fingerprint density at radius 2 is 1.75 bits per heavy atom. The minimum atomic E-state index is -0.175. The number of benzene rings is 1. The van der Waals surface area contributed by atoms with E-state index in [0.717, 1.165) is 52.0 Å². The molecule has 0 radical (unpaired) electrons. The smallest absolute Gasteiger partial charge is 0.268 e. The summed E-state index contributed by atoms with van der Waals surface area (Å²) in [6.45, 7) is 4.89. The number of nitrogens with zero attached hydrogens (tertiary/aromatic N) is 1. The Morgan fingerprint density at radius 1 is 1.12 bits per heavy atom. The number of hydrogen-bond donors (Lipinski definition) is 0. The molecule has 130 valence electrons. The summed E-state index contributed by atoms with van der Waals surface area (Å²) in [7, 11) is 0. The molecule has 0 spiro atoms. The molecule has 2 amide bonds. The fourth-order valence-corrected chi connectivity index (χ4v) is 4.93. The lowest BCUT2D eigenvalue weighted by Gasteiger charge is -2.15. The fraction of sp³-hybridized carbons (Fsp3) is 0.444. The fourth-order valence-electron chi connectivity index (χ4n) is 2.74. The van der Waals surface area contributed by atoms with Gasteiger partial charge in [0.2, 0.25) is 0 Å². The molecule has 24 heavy (non-hydrogen) atoms. The van der Waals surface area contributed by atoms with Crippen LogP contribution in [0.5, 0.6) is 0 Å². The van der Waals surface area contributed by atoms with E-state index in [0.29, 0.717) is 17.4 Å². The lowest BCUT2D eigenvalue weighted by Crippen LogP contribution is -2.29. The highest BCUT2D eigenvalue weighted by Gasteiger charge is 2.34. The predicted molar refractivity (Wildman–Crippen MR) is 108 cm³/mol. The normalized spacial score (nSPS) is 16.7. The van der Waals surface area contributed by atoms with Crippen LogP contribution >= 0.6 is 43.6 Å². The molecular formula is C18H21Br2NO2S. The van der Waals surface area contributed by atoms with Crippen molar-refractivity contribution in [2.45, 2.75) is 39.5 Å². The van der Waals surface area contributed by atoms with E-state index in [1.54, 1.807) is 6.08 Å². The van der Waals surface area contributed by atoms with Crippen molar-refractivity contribution in [1.82, 2.24) is 4.90 Å². The van der Waals surface area contributed by atoms with Gasteiger partial charge in [0.1, 0.15) is 0 Å². The zero-order valence-corrected chi connectivity index (χ0v) is 17.8. The topological polar surface area (TPSA) is 37.4 Å². The minimum absolute atomic E-state index is 0.162. The summed E-state index contributed by atoms with van der Waals surface area (Å²) in [5.74, 6) is 0.505. The predicted octanol–water partition coefficient (Wildman–Crippen LogP) is 6.46. The largest absolute Gasteiger partial charge is 0.293 e. The van der Waals surface area contributed by atoms with Gasteiger partial charge in [-0.05, 0) is 60.4 Å². The SMILES string of the molecule is CCC(CC)CCCN1C(=O)S/C(=C\c2cc(Br)cc(Br)c2)C1=O. The van der Waals surface area contributed by atoms with E-state index >= 15 is 0 Å². The van der Waals surface area contributed by atoms with Crippen molar-refractivity contribution < 1.29 is 9.59 Å². The third-order valence-electron chi connectivity index (χ3n) is 4.21. The average molecular weight is 475 g/mol. The summed E-state index contributed by atoms with van der Waals surface area (Å²) in [6, 6.07) is 5.78. The zero-order chi connectivity index (χ0) is 17.7. The monoisotopic (exact) mass is 473 g/mol. The van der Waals surface area contributed by atoms with E-state index in [2.05, 4.69) is 45.7 Å². The Bertz CT molecular complexity index is 636. The average Bonchev–Trinajstić information content (AvgIpc) is 2.77. The third kappa shape index (κ3) is 5.20. The Morgan fingerprint density at radius 3 is 2.33 bits per heavy atom. The van der Waals surface area contributed by atoms with Gasteiger partial charge < -0.3 is 0 Å². The second-order valence-corrected chi connectivity index (χ2v) is 8.69. The summed E-state index contributed by atoms with van der Waals surface area (Å²) in [5.41, 5.74) is 0.888. The lowest BCUT2D eigenvalue weighted by atomic mass is 9.97. The van der Waals surface area contributed by atoms with Crippen molar-refractivity contribution in [2.75, 3.05) is 6.54 Å². The van der Waals surface area contributed by atoms with E-state index in [4.69, 9.17) is 0 Å². The number of amides is 2. The molecule has 1 heterocycles. The molecule has 1 aromatic carbocycles. The van der Waals surface area contributed by atoms with E-state index in [9.17, 15) is 9.59 Å². The van der Waals surface area contributed by atoms with Gasteiger partial charge in [0.15, 0.2) is 0 Å². The summed E-state index contributed by atoms with van der Waals surface area (Å²) >= 11 is 7.89. The highest BCUT2D eigenvalue weighted by atomic mass is 79.9. The van der Waals surface area contributed by atoms with Gasteiger partial charge in [-0.2, -0.15) is 0 Å². The molecular weight excluding hydrogens is 454 g/mol. The molecule has 0 saturated carbocycles. The Kier molecular flexibility index (Phi) is 7.57. The quantitative estimate of drug-likeness (QED) is 0.425. The van der Waals surface area contributed by atoms with Gasteiger partial charge in [-0.1, -0.05) is 58.5 Å². The van der Waals surface area contributed by atoms with Crippen molar-refractivity contribution in [2.24, 2.45) is 5.92 Å². The molecule has 0 unspecified atom stereocenters. The molecule has 1 aromatic rings. The van der Waals surface area contributed by atoms with Crippen molar-refractivity contribution in [3.63, 3.8) is 0 Å². The Labute approximate surface area is 164 Å². The van der Waals surface area contributed by atoms with E-state index in [1.165, 1.54) is 4.90 Å². The molecule has 0 N–H and O–H groups in total. The molecule has 1 saturated heterocycles. The van der Waals surface area contributed by atoms with Gasteiger partial charge in [-0.3, -0.25) is 14.5 Å². The maximum atomic E-state index is 12.5. The first-order chi connectivity index (χ1) is 11.4. The van der Waals surface area contributed by atoms with Crippen LogP contribution in [0.1, 0.15) is 45.1 Å². The second-order valence-electron chi connectivity index (χ2n) is 5.86. The van der Waals surface area contributed by atoms with Gasteiger partial charge in [0, 0.05) is 15.5 Å². The van der Waals surface area contributed by atoms with E-state index in [1.807, 2.05) is 18.2 Å². The molecule has 1 aliphatic rings. The molecule has 1 aliphatic heterocycles. The van der Waals surface area contributed by atoms with Crippen LogP contribution in [0.4, 0.5) is 4.79 Å². The molecule has 0 aromatic heterocycles. The number of carbonyl (C=O) groups excluding carboxylic acids is 2. The van der Waals surface area contributed by atoms with E-state index < -0.39 is 0 Å². The van der Waals surface area contributed by atoms with Crippen molar-refractivity contribution in [3.05, 3.63) is 37.6 Å². The molecule has 0 atom stereocenters. The molecule has 0 bridgehead atoms. The van der Waals surface area contributed by atoms with Crippen LogP contribution in [0.3, 0.4) is 0 Å². The molecule has 2 rings (SSSR count). The molecule has 3 nitrogen and oxygen atoms in total. The van der Waals surface area contributed by atoms with Crippen molar-refractivity contribution in [3.8, 4) is 0 Å². The standard InChI is InChI=1S/C18H21Br2NO2S/c1-3-12(4-2)6-5-7-21-17(22)16(24-18(21)23)10-13-8-14(19)11-15(20)9-13/h8-12H,3-7H2,1-2H3/b16-10-. The van der Waals surface area contributed by atoms with Gasteiger partial charge in [0.05, 0.1) is 4.91 Å². The summed E-state index contributed by atoms with van der Waals surface area (Å²) in [6.07, 6.45) is 6.01. The van der Waals surface area contributed by atoms with Gasteiger partial charge in [-0.25, -0.2) is 0 Å². The summed E-state index contributed by atoms with van der Waals surface area (Å²) < 4.78 is 1.85. The Hall–Kier alpha value is -0.590. The van der Waals surface area contributed by atoms with Crippen LogP contribution in [-0.2, 0) is 4.79 Å². The number of carbonyl (C=O) groups is 2. The van der Waals surface area contributed by atoms with Crippen LogP contribution in [0.25, 0.3) is 6.08 Å². The van der Waals surface area contributed by atoms with Crippen LogP contribution in [-0.4, -0.2) is 22.6 Å². The number of hydrogen-bond acceptors (Lipinski definition) is 3. The lowest BCUT2D eigenvalue weighted by molar-refractivity contribution is -0.122. The van der Waals surface area contributed by atoms with Crippen LogP contribution in [0.2, 0.25) is 0 Å². The van der Waals surface area contributed by atoms with Crippen LogP contribution in [0.15, 0.2) is 32.0 Å². The minimum Gasteiger partial charge on any atom is -0.268 e. The first-order valence-corrected chi connectivity index (χ1v) is 10.6. The highest BCUT2D eigenvalue weighted by Crippen LogP contribution is 2.33.